The second-order valence-corrected chi connectivity index (χ2v) is 10.3. The molecule has 8 nitrogen and oxygen atoms in total. The summed E-state index contributed by atoms with van der Waals surface area (Å²) in [5.74, 6) is 0.186. The summed E-state index contributed by atoms with van der Waals surface area (Å²) in [5.41, 5.74) is 6.62. The van der Waals surface area contributed by atoms with Gasteiger partial charge < -0.3 is 15.4 Å². The minimum atomic E-state index is -4.75. The first kappa shape index (κ1) is 28.1. The SMILES string of the molecule is Cc1ccc(C)c(NC(=S)NC(=O)NC2CCc3cc(-c4ncn(-c5ccc(OC(F)(F)F)cc5)n4)ccc3C2)c1. The smallest absolute Gasteiger partial charge is 0.406 e. The summed E-state index contributed by atoms with van der Waals surface area (Å²) in [7, 11) is 0. The van der Waals surface area contributed by atoms with Crippen LogP contribution in [0.5, 0.6) is 5.75 Å². The summed E-state index contributed by atoms with van der Waals surface area (Å²) in [6.45, 7) is 3.96. The molecule has 1 unspecified atom stereocenters. The summed E-state index contributed by atoms with van der Waals surface area (Å²) in [6.07, 6.45) is -1.04. The normalized spacial score (nSPS) is 14.6. The molecule has 0 aliphatic heterocycles. The van der Waals surface area contributed by atoms with Gasteiger partial charge in [-0.25, -0.2) is 14.5 Å². The highest BCUT2D eigenvalue weighted by Crippen LogP contribution is 2.27. The molecule has 0 radical (unpaired) electrons. The fourth-order valence-electron chi connectivity index (χ4n) is 4.69. The van der Waals surface area contributed by atoms with Gasteiger partial charge in [0.15, 0.2) is 10.9 Å². The fourth-order valence-corrected chi connectivity index (χ4v) is 4.89. The number of aromatic nitrogens is 3. The number of nitrogens with zero attached hydrogens (tertiary/aromatic N) is 3. The van der Waals surface area contributed by atoms with Crippen molar-refractivity contribution in [3.05, 3.63) is 89.2 Å². The Morgan fingerprint density at radius 3 is 2.59 bits per heavy atom. The van der Waals surface area contributed by atoms with Gasteiger partial charge in [-0.1, -0.05) is 24.3 Å². The molecule has 4 aromatic rings. The lowest BCUT2D eigenvalue weighted by molar-refractivity contribution is -0.274. The highest BCUT2D eigenvalue weighted by molar-refractivity contribution is 7.80. The lowest BCUT2D eigenvalue weighted by Crippen LogP contribution is -2.47. The number of rotatable bonds is 5. The van der Waals surface area contributed by atoms with E-state index in [1.54, 1.807) is 0 Å². The van der Waals surface area contributed by atoms with Crippen molar-refractivity contribution in [1.82, 2.24) is 25.4 Å². The zero-order chi connectivity index (χ0) is 29.1. The number of fused-ring (bicyclic) bond motifs is 1. The maximum atomic E-state index is 12.6. The number of hydrogen-bond donors (Lipinski definition) is 3. The third kappa shape index (κ3) is 7.20. The summed E-state index contributed by atoms with van der Waals surface area (Å²) < 4.78 is 42.6. The molecule has 12 heteroatoms. The highest BCUT2D eigenvalue weighted by atomic mass is 32.1. The molecule has 1 atom stereocenters. The zero-order valence-corrected chi connectivity index (χ0v) is 23.1. The van der Waals surface area contributed by atoms with Gasteiger partial charge in [-0.3, -0.25) is 5.32 Å². The predicted octanol–water partition coefficient (Wildman–Crippen LogP) is 6.00. The van der Waals surface area contributed by atoms with Gasteiger partial charge >= 0.3 is 12.4 Å². The van der Waals surface area contributed by atoms with Crippen molar-refractivity contribution in [2.24, 2.45) is 0 Å². The molecule has 41 heavy (non-hydrogen) atoms. The van der Waals surface area contributed by atoms with Crippen molar-refractivity contribution >= 4 is 29.0 Å². The molecule has 0 spiro atoms. The van der Waals surface area contributed by atoms with Crippen LogP contribution in [0.3, 0.4) is 0 Å². The van der Waals surface area contributed by atoms with Gasteiger partial charge in [0.05, 0.1) is 5.69 Å². The second kappa shape index (κ2) is 11.6. The molecule has 212 valence electrons. The van der Waals surface area contributed by atoms with E-state index in [1.807, 2.05) is 50.2 Å². The number of ether oxygens (including phenoxy) is 1. The lowest BCUT2D eigenvalue weighted by atomic mass is 9.87. The van der Waals surface area contributed by atoms with Crippen LogP contribution < -0.4 is 20.7 Å². The second-order valence-electron chi connectivity index (χ2n) is 9.85. The number of halogens is 3. The van der Waals surface area contributed by atoms with E-state index in [2.05, 4.69) is 30.8 Å². The van der Waals surface area contributed by atoms with Crippen LogP contribution in [0, 0.1) is 13.8 Å². The van der Waals surface area contributed by atoms with Crippen LogP contribution in [0.2, 0.25) is 0 Å². The Hall–Kier alpha value is -4.45. The van der Waals surface area contributed by atoms with Crippen molar-refractivity contribution in [1.29, 1.82) is 0 Å². The van der Waals surface area contributed by atoms with Crippen LogP contribution in [0.4, 0.5) is 23.7 Å². The molecule has 0 saturated heterocycles. The van der Waals surface area contributed by atoms with Crippen LogP contribution in [-0.2, 0) is 12.8 Å². The number of hydrogen-bond acceptors (Lipinski definition) is 5. The van der Waals surface area contributed by atoms with Crippen LogP contribution in [0.15, 0.2) is 67.0 Å². The van der Waals surface area contributed by atoms with Crippen molar-refractivity contribution < 1.29 is 22.7 Å². The standard InChI is InChI=1S/C29H27F3N6O2S/c1-17-3-4-18(2)25(13-17)35-28(41)36-27(39)34-22-8-7-19-14-21(6-5-20(19)15-22)26-33-16-38(37-26)23-9-11-24(12-10-23)40-29(30,31)32/h3-6,9-14,16,22H,7-8,15H2,1-2H3,(H3,34,35,36,39,41). The van der Waals surface area contributed by atoms with Gasteiger partial charge in [0.1, 0.15) is 12.1 Å². The number of anilines is 1. The molecule has 0 saturated carbocycles. The number of aryl methyl sites for hydroxylation is 3. The summed E-state index contributed by atoms with van der Waals surface area (Å²) in [5, 5.41) is 13.5. The number of urea groups is 1. The van der Waals surface area contributed by atoms with Crippen molar-refractivity contribution in [2.75, 3.05) is 5.32 Å². The van der Waals surface area contributed by atoms with Gasteiger partial charge in [0.2, 0.25) is 0 Å². The predicted molar refractivity (Wildman–Crippen MR) is 153 cm³/mol. The third-order valence-corrected chi connectivity index (χ3v) is 6.93. The number of nitrogens with one attached hydrogen (secondary N) is 3. The summed E-state index contributed by atoms with van der Waals surface area (Å²) in [4.78, 5) is 17.0. The van der Waals surface area contributed by atoms with Gasteiger partial charge in [-0.05, 0) is 104 Å². The largest absolute Gasteiger partial charge is 0.573 e. The molecule has 3 N–H and O–H groups in total. The monoisotopic (exact) mass is 580 g/mol. The van der Waals surface area contributed by atoms with Crippen molar-refractivity contribution in [3.8, 4) is 22.8 Å². The van der Waals surface area contributed by atoms with Crippen molar-refractivity contribution in [3.63, 3.8) is 0 Å². The molecule has 0 fully saturated rings. The van der Waals surface area contributed by atoms with Crippen LogP contribution in [0.25, 0.3) is 17.1 Å². The van der Waals surface area contributed by atoms with E-state index in [4.69, 9.17) is 12.2 Å². The Morgan fingerprint density at radius 2 is 1.83 bits per heavy atom. The van der Waals surface area contributed by atoms with E-state index in [-0.39, 0.29) is 22.9 Å². The van der Waals surface area contributed by atoms with Crippen LogP contribution >= 0.6 is 12.2 Å². The molecule has 1 aliphatic rings. The average Bonchev–Trinajstić information content (AvgIpc) is 3.40. The number of thiocarbonyl (C=S) groups is 1. The maximum absolute atomic E-state index is 12.6. The van der Waals surface area contributed by atoms with E-state index in [9.17, 15) is 18.0 Å². The molecule has 0 bridgehead atoms. The van der Waals surface area contributed by atoms with Crippen LogP contribution in [-0.4, -0.2) is 38.3 Å². The van der Waals surface area contributed by atoms with Gasteiger partial charge in [0.25, 0.3) is 0 Å². The Kier molecular flexibility index (Phi) is 7.93. The van der Waals surface area contributed by atoms with Crippen LogP contribution in [0.1, 0.15) is 28.7 Å². The van der Waals surface area contributed by atoms with E-state index in [1.165, 1.54) is 35.3 Å². The molecule has 1 aromatic heterocycles. The quantitative estimate of drug-likeness (QED) is 0.251. The summed E-state index contributed by atoms with van der Waals surface area (Å²) >= 11 is 5.32. The van der Waals surface area contributed by atoms with E-state index in [0.29, 0.717) is 17.9 Å². The third-order valence-electron chi connectivity index (χ3n) is 6.72. The average molecular weight is 581 g/mol. The van der Waals surface area contributed by atoms with Gasteiger partial charge in [-0.15, -0.1) is 18.3 Å². The first-order valence-corrected chi connectivity index (χ1v) is 13.3. The zero-order valence-electron chi connectivity index (χ0n) is 22.2. The topological polar surface area (TPSA) is 93.1 Å². The van der Waals surface area contributed by atoms with Gasteiger partial charge in [0, 0.05) is 17.3 Å². The first-order valence-electron chi connectivity index (χ1n) is 12.9. The minimum absolute atomic E-state index is 0.0431. The number of alkyl halides is 3. The Labute approximate surface area is 239 Å². The Balaban J connectivity index is 1.17. The molecule has 3 aromatic carbocycles. The Morgan fingerprint density at radius 1 is 1.05 bits per heavy atom. The maximum Gasteiger partial charge on any atom is 0.573 e. The molecule has 2 amide bonds. The molecular formula is C29H27F3N6O2S. The molecule has 1 heterocycles. The van der Waals surface area contributed by atoms with E-state index >= 15 is 0 Å². The lowest BCUT2D eigenvalue weighted by Gasteiger charge is -2.26. The summed E-state index contributed by atoms with van der Waals surface area (Å²) in [6, 6.07) is 16.9. The first-order chi connectivity index (χ1) is 19.5. The van der Waals surface area contributed by atoms with E-state index in [0.717, 1.165) is 46.3 Å². The minimum Gasteiger partial charge on any atom is -0.406 e. The number of carbonyl (C=O) groups excluding carboxylic acids is 1. The van der Waals surface area contributed by atoms with Gasteiger partial charge in [-0.2, -0.15) is 0 Å². The molecule has 5 rings (SSSR count). The molecule has 1 aliphatic carbocycles. The highest BCUT2D eigenvalue weighted by Gasteiger charge is 2.31. The molecular weight excluding hydrogens is 553 g/mol. The Bertz CT molecular complexity index is 1590. The van der Waals surface area contributed by atoms with Crippen molar-refractivity contribution in [2.45, 2.75) is 45.5 Å². The fraction of sp³-hybridized carbons (Fsp3) is 0.241. The number of carbonyl (C=O) groups is 1. The number of amides is 2. The number of benzene rings is 3. The van der Waals surface area contributed by atoms with E-state index < -0.39 is 6.36 Å².